The molecule has 0 aliphatic carbocycles. The van der Waals surface area contributed by atoms with E-state index in [1.165, 1.54) is 30.9 Å². The summed E-state index contributed by atoms with van der Waals surface area (Å²) >= 11 is 0. The third-order valence-corrected chi connectivity index (χ3v) is 4.01. The second-order valence-corrected chi connectivity index (χ2v) is 5.95. The zero-order valence-electron chi connectivity index (χ0n) is 14.6. The predicted octanol–water partition coefficient (Wildman–Crippen LogP) is 2.90. The van der Waals surface area contributed by atoms with Gasteiger partial charge in [-0.3, -0.25) is 4.79 Å². The fraction of sp³-hybridized carbons (Fsp3) is 0.294. The van der Waals surface area contributed by atoms with E-state index in [-0.39, 0.29) is 17.9 Å². The Labute approximate surface area is 152 Å². The van der Waals surface area contributed by atoms with Crippen LogP contribution in [0.2, 0.25) is 0 Å². The summed E-state index contributed by atoms with van der Waals surface area (Å²) in [4.78, 5) is 12.4. The van der Waals surface area contributed by atoms with Crippen molar-refractivity contribution in [2.45, 2.75) is 26.6 Å². The van der Waals surface area contributed by atoms with E-state index in [0.29, 0.717) is 17.1 Å². The molecule has 0 spiro atoms. The molecule has 0 bridgehead atoms. The molecule has 3 rings (SSSR count). The van der Waals surface area contributed by atoms with Crippen LogP contribution in [-0.2, 0) is 6.54 Å². The molecule has 7 nitrogen and oxygen atoms in total. The van der Waals surface area contributed by atoms with Gasteiger partial charge in [0, 0.05) is 23.0 Å². The first-order valence-electron chi connectivity index (χ1n) is 7.97. The number of nitrogens with zero attached hydrogens (tertiary/aromatic N) is 5. The van der Waals surface area contributed by atoms with Crippen LogP contribution in [0.3, 0.4) is 0 Å². The fourth-order valence-corrected chi connectivity index (χ4v) is 2.73. The van der Waals surface area contributed by atoms with E-state index in [0.717, 1.165) is 4.57 Å². The molecule has 0 aliphatic heterocycles. The van der Waals surface area contributed by atoms with Gasteiger partial charge in [-0.2, -0.15) is 13.2 Å². The number of hydrogen-bond acceptors (Lipinski definition) is 5. The van der Waals surface area contributed by atoms with Crippen LogP contribution in [0.25, 0.3) is 5.69 Å². The molecule has 0 saturated heterocycles. The summed E-state index contributed by atoms with van der Waals surface area (Å²) in [5.41, 5.74) is 1.50. The highest BCUT2D eigenvalue weighted by Crippen LogP contribution is 2.24. The molecule has 1 aromatic carbocycles. The van der Waals surface area contributed by atoms with Crippen molar-refractivity contribution in [1.82, 2.24) is 24.8 Å². The summed E-state index contributed by atoms with van der Waals surface area (Å²) in [6.07, 6.45) is -2.94. The van der Waals surface area contributed by atoms with Crippen molar-refractivity contribution < 1.29 is 22.7 Å². The molecular weight excluding hydrogens is 363 g/mol. The first-order valence-corrected chi connectivity index (χ1v) is 7.97. The molecule has 0 amide bonds. The topological polar surface area (TPSA) is 74.8 Å². The first kappa shape index (κ1) is 18.6. The lowest BCUT2D eigenvalue weighted by atomic mass is 10.1. The van der Waals surface area contributed by atoms with Gasteiger partial charge in [0.05, 0.1) is 5.69 Å². The third kappa shape index (κ3) is 4.33. The second kappa shape index (κ2) is 7.22. The van der Waals surface area contributed by atoms with Gasteiger partial charge in [0.1, 0.15) is 18.6 Å². The number of carbonyl (C=O) groups excluding carboxylic acids is 1. The maximum absolute atomic E-state index is 12.7. The number of Topliss-reactive ketones (excluding diaryl/α,β-unsaturated/α-hetero) is 1. The van der Waals surface area contributed by atoms with Gasteiger partial charge in [-0.1, -0.05) is 6.07 Å². The molecule has 2 aromatic heterocycles. The lowest BCUT2D eigenvalue weighted by Gasteiger charge is -2.12. The molecule has 0 fully saturated rings. The van der Waals surface area contributed by atoms with Crippen LogP contribution in [0.5, 0.6) is 5.75 Å². The van der Waals surface area contributed by atoms with Gasteiger partial charge in [-0.25, -0.2) is 4.68 Å². The van der Waals surface area contributed by atoms with Crippen LogP contribution in [0.4, 0.5) is 13.2 Å². The molecule has 27 heavy (non-hydrogen) atoms. The number of aryl methyl sites for hydroxylation is 1. The van der Waals surface area contributed by atoms with Crippen LogP contribution >= 0.6 is 0 Å². The lowest BCUT2D eigenvalue weighted by molar-refractivity contribution is -0.141. The van der Waals surface area contributed by atoms with Crippen molar-refractivity contribution in [3.63, 3.8) is 0 Å². The minimum Gasteiger partial charge on any atom is -0.485 e. The Hall–Kier alpha value is -3.17. The summed E-state index contributed by atoms with van der Waals surface area (Å²) in [7, 11) is 0. The van der Waals surface area contributed by atoms with Crippen LogP contribution in [-0.4, -0.2) is 43.3 Å². The van der Waals surface area contributed by atoms with Crippen molar-refractivity contribution in [2.24, 2.45) is 0 Å². The highest BCUT2D eigenvalue weighted by Gasteiger charge is 2.30. The molecule has 0 unspecified atom stereocenters. The highest BCUT2D eigenvalue weighted by molar-refractivity contribution is 5.98. The van der Waals surface area contributed by atoms with E-state index >= 15 is 0 Å². The van der Waals surface area contributed by atoms with E-state index in [1.54, 1.807) is 24.3 Å². The van der Waals surface area contributed by atoms with Gasteiger partial charge in [-0.15, -0.1) is 5.10 Å². The number of tetrazole rings is 1. The number of hydrogen-bond donors (Lipinski definition) is 0. The van der Waals surface area contributed by atoms with Crippen molar-refractivity contribution >= 4 is 5.78 Å². The summed E-state index contributed by atoms with van der Waals surface area (Å²) in [5, 5.41) is 10.8. The number of rotatable bonds is 6. The zero-order chi connectivity index (χ0) is 19.6. The molecule has 0 atom stereocenters. The molecule has 0 aliphatic rings. The number of ketones is 1. The molecule has 0 saturated carbocycles. The van der Waals surface area contributed by atoms with E-state index in [9.17, 15) is 18.0 Å². The minimum absolute atomic E-state index is 0.216. The Balaban J connectivity index is 1.72. The number of alkyl halides is 3. The van der Waals surface area contributed by atoms with Gasteiger partial charge in [0.15, 0.2) is 6.61 Å². The maximum atomic E-state index is 12.7. The second-order valence-electron chi connectivity index (χ2n) is 5.95. The van der Waals surface area contributed by atoms with Gasteiger partial charge >= 0.3 is 6.18 Å². The maximum Gasteiger partial charge on any atom is 0.406 e. The van der Waals surface area contributed by atoms with Gasteiger partial charge < -0.3 is 9.30 Å². The van der Waals surface area contributed by atoms with Crippen molar-refractivity contribution in [1.29, 1.82) is 0 Å². The van der Waals surface area contributed by atoms with Crippen molar-refractivity contribution in [3.05, 3.63) is 53.6 Å². The average molecular weight is 379 g/mol. The smallest absolute Gasteiger partial charge is 0.406 e. The molecule has 10 heteroatoms. The van der Waals surface area contributed by atoms with Gasteiger partial charge in [0.25, 0.3) is 0 Å². The molecule has 3 aromatic rings. The van der Waals surface area contributed by atoms with E-state index < -0.39 is 18.5 Å². The monoisotopic (exact) mass is 379 g/mol. The SMILES string of the molecule is Cc1cc(C(=O)COc2cccc(-n3cnnn3)c2)c(C)n1CC(F)(F)F. The Morgan fingerprint density at radius 3 is 2.67 bits per heavy atom. The predicted molar refractivity (Wildman–Crippen MR) is 88.9 cm³/mol. The summed E-state index contributed by atoms with van der Waals surface area (Å²) in [5.74, 6) is 0.0183. The Kier molecular flexibility index (Phi) is 4.98. The van der Waals surface area contributed by atoms with Gasteiger partial charge in [0.2, 0.25) is 5.78 Å². The van der Waals surface area contributed by atoms with Gasteiger partial charge in [-0.05, 0) is 42.5 Å². The van der Waals surface area contributed by atoms with Crippen LogP contribution < -0.4 is 4.74 Å². The Morgan fingerprint density at radius 2 is 2.00 bits per heavy atom. The number of carbonyl (C=O) groups is 1. The average Bonchev–Trinajstić information content (AvgIpc) is 3.23. The Bertz CT molecular complexity index is 948. The van der Waals surface area contributed by atoms with Crippen LogP contribution in [0.15, 0.2) is 36.7 Å². The van der Waals surface area contributed by atoms with E-state index in [1.807, 2.05) is 0 Å². The fourth-order valence-electron chi connectivity index (χ4n) is 2.73. The zero-order valence-corrected chi connectivity index (χ0v) is 14.6. The summed E-state index contributed by atoms with van der Waals surface area (Å²) < 4.78 is 46.1. The standard InChI is InChI=1S/C17H16F3N5O2/c1-11-6-15(12(2)24(11)9-17(18,19)20)16(26)8-27-14-5-3-4-13(7-14)25-10-21-22-23-25/h3-7,10H,8-9H2,1-2H3. The Morgan fingerprint density at radius 1 is 1.22 bits per heavy atom. The quantitative estimate of drug-likeness (QED) is 0.616. The molecule has 2 heterocycles. The lowest BCUT2D eigenvalue weighted by Crippen LogP contribution is -2.20. The minimum atomic E-state index is -4.36. The number of ether oxygens (including phenoxy) is 1. The van der Waals surface area contributed by atoms with Crippen molar-refractivity contribution in [2.75, 3.05) is 6.61 Å². The normalized spacial score (nSPS) is 11.6. The largest absolute Gasteiger partial charge is 0.485 e. The van der Waals surface area contributed by atoms with Crippen LogP contribution in [0.1, 0.15) is 21.7 Å². The number of benzene rings is 1. The molecular formula is C17H16F3N5O2. The highest BCUT2D eigenvalue weighted by atomic mass is 19.4. The van der Waals surface area contributed by atoms with E-state index in [2.05, 4.69) is 15.5 Å². The molecule has 0 radical (unpaired) electrons. The number of halogens is 3. The first-order chi connectivity index (χ1) is 12.7. The molecule has 0 N–H and O–H groups in total. The summed E-state index contributed by atoms with van der Waals surface area (Å²) in [6, 6.07) is 8.23. The van der Waals surface area contributed by atoms with Crippen molar-refractivity contribution in [3.8, 4) is 11.4 Å². The molecule has 142 valence electrons. The summed E-state index contributed by atoms with van der Waals surface area (Å²) in [6.45, 7) is 1.60. The third-order valence-electron chi connectivity index (χ3n) is 4.01. The van der Waals surface area contributed by atoms with Crippen LogP contribution in [0, 0.1) is 13.8 Å². The number of aromatic nitrogens is 5. The van der Waals surface area contributed by atoms with E-state index in [4.69, 9.17) is 4.74 Å².